The fraction of sp³-hybridized carbons (Fsp3) is 0.350. The number of carbonyl (C=O) groups excluding carboxylic acids is 1. The second kappa shape index (κ2) is 10.2. The zero-order valence-corrected chi connectivity index (χ0v) is 17.8. The molecule has 7 N–H and O–H groups in total. The molecule has 2 aromatic rings. The van der Waals surface area contributed by atoms with Crippen molar-refractivity contribution in [2.24, 2.45) is 0 Å². The summed E-state index contributed by atoms with van der Waals surface area (Å²) in [7, 11) is 0. The molecular weight excluding hydrogens is 438 g/mol. The highest BCUT2D eigenvalue weighted by atomic mass is 32.2. The van der Waals surface area contributed by atoms with Crippen molar-refractivity contribution >= 4 is 41.4 Å². The molecule has 1 aliphatic rings. The molecule has 11 nitrogen and oxygen atoms in total. The molecule has 2 heterocycles. The predicted molar refractivity (Wildman–Crippen MR) is 118 cm³/mol. The molecule has 1 aromatic heterocycles. The summed E-state index contributed by atoms with van der Waals surface area (Å²) in [5, 5.41) is 23.5. The number of hydrogen-bond donors (Lipinski definition) is 6. The first-order valence-electron chi connectivity index (χ1n) is 9.87. The molecule has 0 bridgehead atoms. The fourth-order valence-corrected chi connectivity index (χ4v) is 4.33. The molecular formula is C20H23N5O6S. The zero-order chi connectivity index (χ0) is 23.3. The number of carboxylic acid groups (broad SMARTS) is 2. The van der Waals surface area contributed by atoms with E-state index in [9.17, 15) is 19.2 Å². The van der Waals surface area contributed by atoms with Crippen molar-refractivity contribution in [1.29, 1.82) is 0 Å². The van der Waals surface area contributed by atoms with Gasteiger partial charge in [-0.05, 0) is 37.0 Å². The van der Waals surface area contributed by atoms with Gasteiger partial charge in [-0.2, -0.15) is 4.98 Å². The van der Waals surface area contributed by atoms with Crippen molar-refractivity contribution in [3.8, 4) is 0 Å². The van der Waals surface area contributed by atoms with Crippen molar-refractivity contribution in [3.63, 3.8) is 0 Å². The lowest BCUT2D eigenvalue weighted by molar-refractivity contribution is -0.140. The number of rotatable bonds is 9. The first-order chi connectivity index (χ1) is 15.2. The van der Waals surface area contributed by atoms with Crippen molar-refractivity contribution < 1.29 is 24.6 Å². The van der Waals surface area contributed by atoms with Gasteiger partial charge in [0.1, 0.15) is 16.8 Å². The largest absolute Gasteiger partial charge is 0.481 e. The smallest absolute Gasteiger partial charge is 0.326 e. The number of aryl methyl sites for hydroxylation is 1. The number of aromatic nitrogens is 2. The van der Waals surface area contributed by atoms with Crippen LogP contribution in [0.3, 0.4) is 0 Å². The molecule has 1 amide bonds. The number of aromatic amines is 1. The lowest BCUT2D eigenvalue weighted by Crippen LogP contribution is -2.41. The van der Waals surface area contributed by atoms with Gasteiger partial charge in [-0.1, -0.05) is 12.1 Å². The van der Waals surface area contributed by atoms with Crippen LogP contribution in [0.4, 0.5) is 11.8 Å². The number of thioether (sulfide) groups is 1. The van der Waals surface area contributed by atoms with Crippen LogP contribution in [0.5, 0.6) is 0 Å². The Labute approximate surface area is 186 Å². The molecule has 1 aliphatic heterocycles. The van der Waals surface area contributed by atoms with Crippen LogP contribution >= 0.6 is 11.8 Å². The third kappa shape index (κ3) is 6.00. The molecule has 0 spiro atoms. The first-order valence-corrected chi connectivity index (χ1v) is 10.8. The normalized spacial score (nSPS) is 15.8. The van der Waals surface area contributed by atoms with E-state index in [0.717, 1.165) is 12.0 Å². The minimum atomic E-state index is -1.28. The average molecular weight is 462 g/mol. The zero-order valence-electron chi connectivity index (χ0n) is 17.0. The number of benzene rings is 1. The maximum Gasteiger partial charge on any atom is 0.326 e. The number of carboxylic acids is 2. The molecule has 0 aliphatic carbocycles. The van der Waals surface area contributed by atoms with E-state index in [2.05, 4.69) is 20.6 Å². The summed E-state index contributed by atoms with van der Waals surface area (Å²) in [5.41, 5.74) is 6.56. The van der Waals surface area contributed by atoms with Crippen LogP contribution in [-0.4, -0.2) is 55.9 Å². The number of nitrogens with two attached hydrogens (primary N) is 1. The summed E-state index contributed by atoms with van der Waals surface area (Å²) < 4.78 is 0. The fourth-order valence-electron chi connectivity index (χ4n) is 3.21. The Kier molecular flexibility index (Phi) is 7.36. The maximum atomic E-state index is 12.3. The molecule has 170 valence electrons. The van der Waals surface area contributed by atoms with E-state index in [1.165, 1.54) is 11.8 Å². The van der Waals surface area contributed by atoms with E-state index in [1.54, 1.807) is 24.3 Å². The van der Waals surface area contributed by atoms with Gasteiger partial charge >= 0.3 is 11.9 Å². The van der Waals surface area contributed by atoms with Crippen LogP contribution in [0.1, 0.15) is 35.2 Å². The van der Waals surface area contributed by atoms with Crippen molar-refractivity contribution in [2.45, 2.75) is 41.9 Å². The Hall–Kier alpha value is -3.54. The second-order valence-corrected chi connectivity index (χ2v) is 8.59. The summed E-state index contributed by atoms with van der Waals surface area (Å²) in [6.07, 6.45) is 0.940. The highest BCUT2D eigenvalue weighted by Crippen LogP contribution is 2.33. The monoisotopic (exact) mass is 461 g/mol. The summed E-state index contributed by atoms with van der Waals surface area (Å²) in [4.78, 5) is 53.4. The Morgan fingerprint density at radius 3 is 2.62 bits per heavy atom. The topological polar surface area (TPSA) is 187 Å². The van der Waals surface area contributed by atoms with Gasteiger partial charge in [0.2, 0.25) is 5.95 Å². The Balaban J connectivity index is 1.54. The number of aliphatic carboxylic acids is 2. The Morgan fingerprint density at radius 2 is 1.97 bits per heavy atom. The average Bonchev–Trinajstić information content (AvgIpc) is 2.75. The third-order valence-electron chi connectivity index (χ3n) is 4.90. The van der Waals surface area contributed by atoms with E-state index < -0.39 is 23.9 Å². The quantitative estimate of drug-likeness (QED) is 0.313. The van der Waals surface area contributed by atoms with Crippen LogP contribution in [-0.2, 0) is 16.0 Å². The minimum absolute atomic E-state index is 0.0704. The molecule has 3 rings (SSSR count). The molecule has 2 atom stereocenters. The van der Waals surface area contributed by atoms with Crippen LogP contribution in [0.15, 0.2) is 34.0 Å². The Bertz CT molecular complexity index is 1070. The number of hydrogen-bond acceptors (Lipinski definition) is 8. The van der Waals surface area contributed by atoms with Gasteiger partial charge < -0.3 is 26.6 Å². The summed E-state index contributed by atoms with van der Waals surface area (Å²) in [6, 6.07) is 5.49. The summed E-state index contributed by atoms with van der Waals surface area (Å²) in [5.74, 6) is -2.43. The van der Waals surface area contributed by atoms with Crippen LogP contribution < -0.4 is 21.9 Å². The van der Waals surface area contributed by atoms with Gasteiger partial charge in [-0.25, -0.2) is 4.79 Å². The molecule has 12 heteroatoms. The number of H-pyrrole nitrogens is 1. The van der Waals surface area contributed by atoms with Crippen LogP contribution in [0.2, 0.25) is 0 Å². The second-order valence-electron chi connectivity index (χ2n) is 7.28. The number of nitrogens with zero attached hydrogens (tertiary/aromatic N) is 1. The molecule has 0 saturated carbocycles. The SMILES string of the molecule is Nc1nc2c(c(=O)[nH]1)SC(CCc1ccc(C(=O)N[C@@H](CCC(=O)O)C(=O)O)cc1)CN2. The van der Waals surface area contributed by atoms with E-state index in [-0.39, 0.29) is 35.2 Å². The summed E-state index contributed by atoms with van der Waals surface area (Å²) >= 11 is 1.45. The number of nitrogen functional groups attached to an aromatic ring is 1. The molecule has 0 radical (unpaired) electrons. The first kappa shape index (κ1) is 23.1. The summed E-state index contributed by atoms with van der Waals surface area (Å²) in [6.45, 7) is 0.640. The van der Waals surface area contributed by atoms with Gasteiger partial charge in [0.15, 0.2) is 0 Å². The van der Waals surface area contributed by atoms with E-state index in [1.807, 2.05) is 0 Å². The molecule has 0 fully saturated rings. The van der Waals surface area contributed by atoms with Gasteiger partial charge in [-0.15, -0.1) is 11.8 Å². The molecule has 1 aromatic carbocycles. The Morgan fingerprint density at radius 1 is 1.25 bits per heavy atom. The highest BCUT2D eigenvalue weighted by molar-refractivity contribution is 8.00. The molecule has 32 heavy (non-hydrogen) atoms. The van der Waals surface area contributed by atoms with Gasteiger partial charge in [0.25, 0.3) is 11.5 Å². The lowest BCUT2D eigenvalue weighted by atomic mass is 10.0. The lowest BCUT2D eigenvalue weighted by Gasteiger charge is -2.24. The van der Waals surface area contributed by atoms with E-state index >= 15 is 0 Å². The standard InChI is InChI=1S/C20H23N5O6S/c21-20-24-16-15(18(29)25-20)32-12(9-22-16)6-3-10-1-4-11(5-2-10)17(28)23-13(19(30)31)7-8-14(26)27/h1-2,4-5,12-13H,3,6-9H2,(H,23,28)(H,26,27)(H,30,31)(H4,21,22,24,25,29)/t12?,13-/m0/s1. The highest BCUT2D eigenvalue weighted by Gasteiger charge is 2.24. The van der Waals surface area contributed by atoms with Gasteiger partial charge in [0, 0.05) is 23.8 Å². The third-order valence-corrected chi connectivity index (χ3v) is 6.25. The van der Waals surface area contributed by atoms with Crippen molar-refractivity contribution in [1.82, 2.24) is 15.3 Å². The van der Waals surface area contributed by atoms with Gasteiger partial charge in [-0.3, -0.25) is 19.4 Å². The van der Waals surface area contributed by atoms with Crippen LogP contribution in [0.25, 0.3) is 0 Å². The number of anilines is 2. The number of carbonyl (C=O) groups is 3. The van der Waals surface area contributed by atoms with Crippen molar-refractivity contribution in [3.05, 3.63) is 45.7 Å². The number of amides is 1. The van der Waals surface area contributed by atoms with E-state index in [4.69, 9.17) is 15.9 Å². The molecule has 0 saturated heterocycles. The molecule has 1 unspecified atom stereocenters. The van der Waals surface area contributed by atoms with Crippen molar-refractivity contribution in [2.75, 3.05) is 17.6 Å². The van der Waals surface area contributed by atoms with Crippen LogP contribution in [0, 0.1) is 0 Å². The predicted octanol–water partition coefficient (Wildman–Crippen LogP) is 0.919. The number of nitrogens with one attached hydrogen (secondary N) is 3. The van der Waals surface area contributed by atoms with Gasteiger partial charge in [0.05, 0.1) is 0 Å². The maximum absolute atomic E-state index is 12.3. The van der Waals surface area contributed by atoms with E-state index in [0.29, 0.717) is 23.7 Å². The number of fused-ring (bicyclic) bond motifs is 1. The minimum Gasteiger partial charge on any atom is -0.481 e.